The number of aryl methyl sites for hydroxylation is 1. The molecule has 0 fully saturated rings. The van der Waals surface area contributed by atoms with Crippen LogP contribution >= 0.6 is 11.6 Å². The van der Waals surface area contributed by atoms with E-state index >= 15 is 0 Å². The van der Waals surface area contributed by atoms with E-state index in [-0.39, 0.29) is 4.90 Å². The molecule has 0 saturated heterocycles. The Morgan fingerprint density at radius 2 is 1.83 bits per heavy atom. The fraction of sp³-hybridized carbons (Fsp3) is 0.217. The number of halogens is 1. The quantitative estimate of drug-likeness (QED) is 0.463. The number of fused-ring (bicyclic) bond motifs is 2. The van der Waals surface area contributed by atoms with Crippen LogP contribution in [0.1, 0.15) is 5.56 Å². The summed E-state index contributed by atoms with van der Waals surface area (Å²) >= 11 is 6.20. The molecule has 156 valence electrons. The minimum Gasteiger partial charge on any atom is -0.350 e. The summed E-state index contributed by atoms with van der Waals surface area (Å²) in [6.07, 6.45) is 3.01. The van der Waals surface area contributed by atoms with E-state index in [4.69, 9.17) is 11.6 Å². The van der Waals surface area contributed by atoms with Gasteiger partial charge in [-0.15, -0.1) is 0 Å². The third-order valence-electron chi connectivity index (χ3n) is 5.26. The monoisotopic (exact) mass is 441 g/mol. The Morgan fingerprint density at radius 1 is 1.03 bits per heavy atom. The lowest BCUT2D eigenvalue weighted by Gasteiger charge is -2.11. The van der Waals surface area contributed by atoms with Crippen LogP contribution in [-0.4, -0.2) is 38.5 Å². The van der Waals surface area contributed by atoms with Gasteiger partial charge < -0.3 is 9.47 Å². The molecule has 5 nitrogen and oxygen atoms in total. The Balaban J connectivity index is 1.68. The number of nitrogens with one attached hydrogen (secondary N) is 1. The number of hydrogen-bond donors (Lipinski definition) is 1. The number of aromatic nitrogens is 1. The van der Waals surface area contributed by atoms with E-state index in [1.165, 1.54) is 5.56 Å². The van der Waals surface area contributed by atoms with Crippen LogP contribution in [0, 0.1) is 0 Å². The molecule has 4 rings (SSSR count). The van der Waals surface area contributed by atoms with Gasteiger partial charge in [0, 0.05) is 46.8 Å². The van der Waals surface area contributed by atoms with Crippen molar-refractivity contribution in [3.63, 3.8) is 0 Å². The lowest BCUT2D eigenvalue weighted by molar-refractivity contribution is 0.414. The molecular weight excluding hydrogens is 418 g/mol. The number of rotatable bonds is 6. The minimum atomic E-state index is -3.73. The van der Waals surface area contributed by atoms with Crippen LogP contribution in [0.2, 0.25) is 5.02 Å². The van der Waals surface area contributed by atoms with Crippen LogP contribution < -0.4 is 4.72 Å². The molecule has 1 aromatic heterocycles. The Bertz CT molecular complexity index is 1340. The van der Waals surface area contributed by atoms with Crippen molar-refractivity contribution in [1.82, 2.24) is 9.47 Å². The molecule has 3 aromatic carbocycles. The number of anilines is 1. The maximum absolute atomic E-state index is 13.0. The van der Waals surface area contributed by atoms with Crippen LogP contribution in [0.5, 0.6) is 0 Å². The van der Waals surface area contributed by atoms with Gasteiger partial charge in [-0.25, -0.2) is 8.42 Å². The summed E-state index contributed by atoms with van der Waals surface area (Å²) in [7, 11) is 2.37. The summed E-state index contributed by atoms with van der Waals surface area (Å²) in [4.78, 5) is 2.34. The normalized spacial score (nSPS) is 12.2. The number of likely N-dealkylation sites (N-methyl/N-ethyl adjacent to an activating group) is 1. The average Bonchev–Trinajstić information content (AvgIpc) is 3.01. The van der Waals surface area contributed by atoms with E-state index < -0.39 is 10.0 Å². The van der Waals surface area contributed by atoms with Crippen LogP contribution in [0.4, 0.5) is 5.69 Å². The van der Waals surface area contributed by atoms with Crippen molar-refractivity contribution < 1.29 is 8.42 Å². The van der Waals surface area contributed by atoms with Crippen molar-refractivity contribution in [1.29, 1.82) is 0 Å². The summed E-state index contributed by atoms with van der Waals surface area (Å²) < 4.78 is 30.8. The topological polar surface area (TPSA) is 54.3 Å². The lowest BCUT2D eigenvalue weighted by atomic mass is 10.1. The Kier molecular flexibility index (Phi) is 5.49. The SMILES string of the molecule is CN(C)CCc1cn(C)c2ccc(NS(=O)(=O)c3ccc4c(Cl)cccc4c3)cc12. The molecule has 7 heteroatoms. The molecule has 0 aliphatic carbocycles. The predicted molar refractivity (Wildman–Crippen MR) is 125 cm³/mol. The van der Waals surface area contributed by atoms with Crippen LogP contribution in [0.15, 0.2) is 65.7 Å². The second-order valence-corrected chi connectivity index (χ2v) is 9.87. The third-order valence-corrected chi connectivity index (χ3v) is 6.97. The first-order valence-electron chi connectivity index (χ1n) is 9.68. The summed E-state index contributed by atoms with van der Waals surface area (Å²) in [6.45, 7) is 0.925. The molecule has 0 bridgehead atoms. The Labute approximate surface area is 181 Å². The fourth-order valence-corrected chi connectivity index (χ4v) is 5.01. The average molecular weight is 442 g/mol. The highest BCUT2D eigenvalue weighted by Crippen LogP contribution is 2.29. The van der Waals surface area contributed by atoms with Gasteiger partial charge >= 0.3 is 0 Å². The highest BCUT2D eigenvalue weighted by Gasteiger charge is 2.16. The maximum atomic E-state index is 13.0. The van der Waals surface area contributed by atoms with Crippen LogP contribution in [-0.2, 0) is 23.5 Å². The van der Waals surface area contributed by atoms with E-state index in [0.717, 1.165) is 34.6 Å². The van der Waals surface area contributed by atoms with Gasteiger partial charge in [0.15, 0.2) is 0 Å². The lowest BCUT2D eigenvalue weighted by Crippen LogP contribution is -2.15. The predicted octanol–water partition coefficient (Wildman–Crippen LogP) is 4.89. The number of nitrogens with zero attached hydrogens (tertiary/aromatic N) is 2. The zero-order valence-electron chi connectivity index (χ0n) is 17.2. The van der Waals surface area contributed by atoms with Crippen molar-refractivity contribution in [3.05, 3.63) is 71.4 Å². The van der Waals surface area contributed by atoms with Gasteiger partial charge in [0.25, 0.3) is 10.0 Å². The minimum absolute atomic E-state index is 0.207. The summed E-state index contributed by atoms with van der Waals surface area (Å²) in [6, 6.07) is 16.1. The molecule has 0 aliphatic heterocycles. The number of sulfonamides is 1. The molecule has 0 amide bonds. The van der Waals surface area contributed by atoms with E-state index in [1.54, 1.807) is 30.3 Å². The third kappa shape index (κ3) is 4.03. The van der Waals surface area contributed by atoms with E-state index in [2.05, 4.69) is 20.4 Å². The first kappa shape index (κ1) is 20.7. The van der Waals surface area contributed by atoms with E-state index in [9.17, 15) is 8.42 Å². The second-order valence-electron chi connectivity index (χ2n) is 7.78. The second kappa shape index (κ2) is 7.95. The fourth-order valence-electron chi connectivity index (χ4n) is 3.68. The first-order chi connectivity index (χ1) is 14.2. The summed E-state index contributed by atoms with van der Waals surface area (Å²) in [5.41, 5.74) is 2.82. The van der Waals surface area contributed by atoms with Crippen LogP contribution in [0.3, 0.4) is 0 Å². The van der Waals surface area contributed by atoms with Gasteiger partial charge in [-0.2, -0.15) is 0 Å². The highest BCUT2D eigenvalue weighted by molar-refractivity contribution is 7.92. The zero-order chi connectivity index (χ0) is 21.5. The largest absolute Gasteiger partial charge is 0.350 e. The van der Waals surface area contributed by atoms with Crippen LogP contribution in [0.25, 0.3) is 21.7 Å². The highest BCUT2D eigenvalue weighted by atomic mass is 35.5. The molecule has 0 saturated carbocycles. The maximum Gasteiger partial charge on any atom is 0.261 e. The molecule has 0 atom stereocenters. The Hall–Kier alpha value is -2.54. The summed E-state index contributed by atoms with van der Waals surface area (Å²) in [5, 5.41) is 3.28. The zero-order valence-corrected chi connectivity index (χ0v) is 18.8. The molecule has 4 aromatic rings. The number of hydrogen-bond acceptors (Lipinski definition) is 3. The number of benzene rings is 3. The molecule has 0 spiro atoms. The van der Waals surface area contributed by atoms with Crippen molar-refractivity contribution >= 4 is 49.0 Å². The standard InChI is InChI=1S/C23H24ClN3O2S/c1-26(2)12-11-17-15-27(3)23-10-7-18(14-21(17)23)25-30(28,29)19-8-9-20-16(13-19)5-4-6-22(20)24/h4-10,13-15,25H,11-12H2,1-3H3. The molecule has 0 aliphatic rings. The van der Waals surface area contributed by atoms with Gasteiger partial charge in [0.1, 0.15) is 0 Å². The van der Waals surface area contributed by atoms with Gasteiger partial charge in [-0.1, -0.05) is 29.8 Å². The molecule has 0 unspecified atom stereocenters. The van der Waals surface area contributed by atoms with Crippen molar-refractivity contribution in [3.8, 4) is 0 Å². The molecule has 1 heterocycles. The summed E-state index contributed by atoms with van der Waals surface area (Å²) in [5.74, 6) is 0. The van der Waals surface area contributed by atoms with Gasteiger partial charge in [-0.3, -0.25) is 4.72 Å². The van der Waals surface area contributed by atoms with Gasteiger partial charge in [-0.05, 0) is 67.9 Å². The van der Waals surface area contributed by atoms with Crippen molar-refractivity contribution in [2.45, 2.75) is 11.3 Å². The smallest absolute Gasteiger partial charge is 0.261 e. The molecular formula is C23H24ClN3O2S. The molecule has 30 heavy (non-hydrogen) atoms. The van der Waals surface area contributed by atoms with Gasteiger partial charge in [0.2, 0.25) is 0 Å². The van der Waals surface area contributed by atoms with Gasteiger partial charge in [0.05, 0.1) is 4.90 Å². The van der Waals surface area contributed by atoms with Crippen molar-refractivity contribution in [2.24, 2.45) is 7.05 Å². The first-order valence-corrected chi connectivity index (χ1v) is 11.5. The Morgan fingerprint density at radius 3 is 2.60 bits per heavy atom. The molecule has 0 radical (unpaired) electrons. The van der Waals surface area contributed by atoms with E-state index in [0.29, 0.717) is 10.7 Å². The van der Waals surface area contributed by atoms with E-state index in [1.807, 2.05) is 45.4 Å². The van der Waals surface area contributed by atoms with Crippen molar-refractivity contribution in [2.75, 3.05) is 25.4 Å². The molecule has 1 N–H and O–H groups in total.